The Bertz CT molecular complexity index is 745. The summed E-state index contributed by atoms with van der Waals surface area (Å²) >= 11 is 0. The topological polar surface area (TPSA) is 41.5 Å². The molecule has 0 aliphatic heterocycles. The number of carbonyl (C=O) groups is 1. The number of aryl methyl sites for hydroxylation is 2. The lowest BCUT2D eigenvalue weighted by molar-refractivity contribution is 0.253. The van der Waals surface area contributed by atoms with Crippen LogP contribution in [0, 0.1) is 6.92 Å². The third kappa shape index (κ3) is 4.39. The van der Waals surface area contributed by atoms with Crippen LogP contribution in [-0.2, 0) is 6.42 Å². The molecule has 0 aliphatic rings. The van der Waals surface area contributed by atoms with E-state index in [4.69, 9.17) is 0 Å². The zero-order valence-corrected chi connectivity index (χ0v) is 13.9. The number of rotatable bonds is 4. The third-order valence-electron chi connectivity index (χ3n) is 3.75. The summed E-state index contributed by atoms with van der Waals surface area (Å²) in [6, 6.07) is 15.4. The molecule has 2 amide bonds. The number of benzene rings is 2. The lowest BCUT2D eigenvalue weighted by Gasteiger charge is -2.11. The van der Waals surface area contributed by atoms with Crippen LogP contribution in [0.2, 0.25) is 0 Å². The first-order valence-corrected chi connectivity index (χ1v) is 7.71. The van der Waals surface area contributed by atoms with E-state index in [2.05, 4.69) is 35.9 Å². The largest absolute Gasteiger partial charge is 0.345 e. The predicted octanol–water partition coefficient (Wildman–Crippen LogP) is 4.75. The van der Waals surface area contributed by atoms with Crippen LogP contribution in [-0.4, -0.2) is 11.7 Å². The van der Waals surface area contributed by atoms with Crippen molar-refractivity contribution in [2.45, 2.75) is 27.2 Å². The summed E-state index contributed by atoms with van der Waals surface area (Å²) in [5.74, 6) is 0. The maximum atomic E-state index is 12.1. The highest BCUT2D eigenvalue weighted by atomic mass is 16.2. The van der Waals surface area contributed by atoms with E-state index in [0.29, 0.717) is 11.4 Å². The Hall–Kier alpha value is -2.68. The fourth-order valence-electron chi connectivity index (χ4n) is 2.33. The van der Waals surface area contributed by atoms with Crippen molar-refractivity contribution in [3.8, 4) is 0 Å². The minimum Gasteiger partial charge on any atom is -0.306 e. The van der Waals surface area contributed by atoms with Crippen LogP contribution in [0.15, 0.2) is 60.1 Å². The van der Waals surface area contributed by atoms with Gasteiger partial charge in [0.25, 0.3) is 0 Å². The second-order valence-electron chi connectivity index (χ2n) is 5.47. The highest BCUT2D eigenvalue weighted by molar-refractivity contribution is 6.05. The molecule has 23 heavy (non-hydrogen) atoms. The Balaban J connectivity index is 2.13. The number of hydrogen-bond acceptors (Lipinski definition) is 1. The van der Waals surface area contributed by atoms with Gasteiger partial charge in [-0.3, -0.25) is 0 Å². The molecule has 1 N–H and O–H groups in total. The second-order valence-corrected chi connectivity index (χ2v) is 5.47. The maximum absolute atomic E-state index is 12.1. The summed E-state index contributed by atoms with van der Waals surface area (Å²) in [5, 5.41) is 2.77. The molecule has 2 rings (SSSR count). The maximum Gasteiger partial charge on any atom is 0.345 e. The summed E-state index contributed by atoms with van der Waals surface area (Å²) in [6.45, 7) is 9.91. The number of aliphatic imine (C=N–C) groups is 1. The van der Waals surface area contributed by atoms with Gasteiger partial charge in [-0.2, -0.15) is 4.99 Å². The van der Waals surface area contributed by atoms with Crippen LogP contribution in [0.3, 0.4) is 0 Å². The van der Waals surface area contributed by atoms with Gasteiger partial charge in [-0.1, -0.05) is 56.0 Å². The molecule has 0 saturated carbocycles. The predicted molar refractivity (Wildman–Crippen MR) is 96.8 cm³/mol. The molecule has 0 aromatic heterocycles. The van der Waals surface area contributed by atoms with Crippen LogP contribution in [0.25, 0.3) is 5.70 Å². The van der Waals surface area contributed by atoms with Crippen molar-refractivity contribution in [1.29, 1.82) is 0 Å². The van der Waals surface area contributed by atoms with Gasteiger partial charge in [0, 0.05) is 11.3 Å². The van der Waals surface area contributed by atoms with Crippen molar-refractivity contribution in [3.63, 3.8) is 0 Å². The van der Waals surface area contributed by atoms with Crippen molar-refractivity contribution >= 4 is 17.4 Å². The van der Waals surface area contributed by atoms with Crippen molar-refractivity contribution < 1.29 is 4.79 Å². The van der Waals surface area contributed by atoms with Gasteiger partial charge in [-0.15, -0.1) is 0 Å². The molecule has 0 fully saturated rings. The molecule has 0 atom stereocenters. The first-order valence-electron chi connectivity index (χ1n) is 7.71. The molecule has 0 saturated heterocycles. The lowest BCUT2D eigenvalue weighted by Crippen LogP contribution is -2.19. The average molecular weight is 306 g/mol. The zero-order chi connectivity index (χ0) is 16.8. The molecular weight excluding hydrogens is 284 g/mol. The van der Waals surface area contributed by atoms with E-state index < -0.39 is 6.03 Å². The number of nitrogens with one attached hydrogen (secondary N) is 1. The molecule has 118 valence electrons. The molecule has 2 aromatic rings. The Labute approximate surface area is 137 Å². The third-order valence-corrected chi connectivity index (χ3v) is 3.75. The molecular formula is C20H22N2O. The van der Waals surface area contributed by atoms with Crippen molar-refractivity contribution in [2.24, 2.45) is 4.99 Å². The van der Waals surface area contributed by atoms with E-state index in [1.165, 1.54) is 5.56 Å². The molecule has 0 unspecified atom stereocenters. The summed E-state index contributed by atoms with van der Waals surface area (Å²) in [7, 11) is 0. The summed E-state index contributed by atoms with van der Waals surface area (Å²) in [4.78, 5) is 16.2. The summed E-state index contributed by atoms with van der Waals surface area (Å²) in [6.07, 6.45) is 0.944. The Kier molecular flexibility index (Phi) is 5.47. The fourth-order valence-corrected chi connectivity index (χ4v) is 2.33. The lowest BCUT2D eigenvalue weighted by atomic mass is 10.0. The van der Waals surface area contributed by atoms with E-state index >= 15 is 0 Å². The van der Waals surface area contributed by atoms with Crippen LogP contribution >= 0.6 is 0 Å². The van der Waals surface area contributed by atoms with Crippen LogP contribution in [0.5, 0.6) is 0 Å². The van der Waals surface area contributed by atoms with Gasteiger partial charge in [0.1, 0.15) is 0 Å². The van der Waals surface area contributed by atoms with Gasteiger partial charge in [0.05, 0.1) is 5.71 Å². The van der Waals surface area contributed by atoms with E-state index in [9.17, 15) is 4.79 Å². The number of urea groups is 1. The molecule has 0 aliphatic carbocycles. The SMILES string of the molecule is C=C(NC(=O)N=C(C)c1ccccc1)c1cc(CC)ccc1C. The minimum atomic E-state index is -0.405. The van der Waals surface area contributed by atoms with Gasteiger partial charge in [0.2, 0.25) is 0 Å². The molecule has 0 radical (unpaired) electrons. The van der Waals surface area contributed by atoms with E-state index in [-0.39, 0.29) is 0 Å². The normalized spacial score (nSPS) is 11.2. The standard InChI is InChI=1S/C20H22N2O/c1-5-17-12-11-14(2)19(13-17)16(4)22-20(23)21-15(3)18-9-7-6-8-10-18/h6-13H,4-5H2,1-3H3,(H,22,23). The Morgan fingerprint density at radius 2 is 1.87 bits per heavy atom. The Morgan fingerprint density at radius 3 is 2.52 bits per heavy atom. The molecule has 0 bridgehead atoms. The van der Waals surface area contributed by atoms with Crippen LogP contribution in [0.4, 0.5) is 4.79 Å². The van der Waals surface area contributed by atoms with Gasteiger partial charge in [-0.25, -0.2) is 4.79 Å². The molecule has 0 spiro atoms. The van der Waals surface area contributed by atoms with E-state index in [0.717, 1.165) is 23.1 Å². The Morgan fingerprint density at radius 1 is 1.17 bits per heavy atom. The number of nitrogens with zero attached hydrogens (tertiary/aromatic N) is 1. The van der Waals surface area contributed by atoms with Crippen molar-refractivity contribution in [1.82, 2.24) is 5.32 Å². The van der Waals surface area contributed by atoms with Gasteiger partial charge < -0.3 is 5.32 Å². The number of hydrogen-bond donors (Lipinski definition) is 1. The first kappa shape index (κ1) is 16.7. The van der Waals surface area contributed by atoms with Gasteiger partial charge in [-0.05, 0) is 43.0 Å². The van der Waals surface area contributed by atoms with E-state index in [1.807, 2.05) is 50.2 Å². The molecule has 3 heteroatoms. The summed E-state index contributed by atoms with van der Waals surface area (Å²) < 4.78 is 0. The first-order chi connectivity index (χ1) is 11.0. The number of amides is 2. The van der Waals surface area contributed by atoms with Crippen molar-refractivity contribution in [3.05, 3.63) is 77.4 Å². The zero-order valence-electron chi connectivity index (χ0n) is 13.9. The molecule has 3 nitrogen and oxygen atoms in total. The van der Waals surface area contributed by atoms with Crippen LogP contribution in [0.1, 0.15) is 36.1 Å². The highest BCUT2D eigenvalue weighted by Gasteiger charge is 2.08. The minimum absolute atomic E-state index is 0.405. The quantitative estimate of drug-likeness (QED) is 0.814. The monoisotopic (exact) mass is 306 g/mol. The second kappa shape index (κ2) is 7.54. The van der Waals surface area contributed by atoms with Crippen LogP contribution < -0.4 is 5.32 Å². The average Bonchev–Trinajstić information content (AvgIpc) is 2.55. The fraction of sp³-hybridized carbons (Fsp3) is 0.200. The molecule has 0 heterocycles. The summed E-state index contributed by atoms with van der Waals surface area (Å²) in [5.41, 5.74) is 5.42. The highest BCUT2D eigenvalue weighted by Crippen LogP contribution is 2.18. The smallest absolute Gasteiger partial charge is 0.306 e. The van der Waals surface area contributed by atoms with Gasteiger partial charge in [0.15, 0.2) is 0 Å². The number of carbonyl (C=O) groups excluding carboxylic acids is 1. The van der Waals surface area contributed by atoms with Crippen molar-refractivity contribution in [2.75, 3.05) is 0 Å². The van der Waals surface area contributed by atoms with E-state index in [1.54, 1.807) is 0 Å². The van der Waals surface area contributed by atoms with Gasteiger partial charge >= 0.3 is 6.03 Å². The molecule has 2 aromatic carbocycles.